The van der Waals surface area contributed by atoms with Crippen LogP contribution in [0.15, 0.2) is 41.3 Å². The van der Waals surface area contributed by atoms with Gasteiger partial charge < -0.3 is 0 Å². The van der Waals surface area contributed by atoms with Crippen LogP contribution < -0.4 is 4.72 Å². The maximum atomic E-state index is 12.6. The summed E-state index contributed by atoms with van der Waals surface area (Å²) >= 11 is 5.97. The number of rotatable bonds is 5. The molecule has 0 spiro atoms. The monoisotopic (exact) mass is 337 g/mol. The van der Waals surface area contributed by atoms with Crippen LogP contribution in [0.5, 0.6) is 0 Å². The molecule has 0 saturated heterocycles. The summed E-state index contributed by atoms with van der Waals surface area (Å²) in [6.07, 6.45) is 1.54. The van der Waals surface area contributed by atoms with E-state index in [9.17, 15) is 8.42 Å². The molecule has 0 aliphatic heterocycles. The van der Waals surface area contributed by atoms with Crippen molar-refractivity contribution in [2.75, 3.05) is 4.72 Å². The Balaban J connectivity index is 2.47. The number of sulfonamides is 1. The van der Waals surface area contributed by atoms with E-state index in [0.717, 1.165) is 29.5 Å². The normalized spacial score (nSPS) is 11.5. The molecule has 2 rings (SSSR count). The van der Waals surface area contributed by atoms with E-state index >= 15 is 0 Å². The van der Waals surface area contributed by atoms with Gasteiger partial charge in [-0.15, -0.1) is 0 Å². The lowest BCUT2D eigenvalue weighted by Crippen LogP contribution is -2.15. The minimum Gasteiger partial charge on any atom is -0.279 e. The molecule has 0 fully saturated rings. The van der Waals surface area contributed by atoms with Gasteiger partial charge in [-0.1, -0.05) is 43.6 Å². The Hall–Kier alpha value is -1.52. The van der Waals surface area contributed by atoms with E-state index in [2.05, 4.69) is 4.72 Å². The van der Waals surface area contributed by atoms with E-state index in [4.69, 9.17) is 11.6 Å². The molecule has 1 N–H and O–H groups in total. The minimum atomic E-state index is -3.63. The first-order valence-corrected chi connectivity index (χ1v) is 9.15. The smallest absolute Gasteiger partial charge is 0.261 e. The Bertz CT molecular complexity index is 763. The number of hydrogen-bond acceptors (Lipinski definition) is 2. The number of halogens is 1. The van der Waals surface area contributed by atoms with Gasteiger partial charge in [-0.2, -0.15) is 0 Å². The van der Waals surface area contributed by atoms with Crippen molar-refractivity contribution in [1.29, 1.82) is 0 Å². The van der Waals surface area contributed by atoms with Crippen LogP contribution in [-0.2, 0) is 22.9 Å². The molecule has 118 valence electrons. The topological polar surface area (TPSA) is 46.2 Å². The molecule has 3 nitrogen and oxygen atoms in total. The molecule has 0 saturated carbocycles. The summed E-state index contributed by atoms with van der Waals surface area (Å²) in [5, 5.41) is 0.558. The average Bonchev–Trinajstić information content (AvgIpc) is 2.49. The van der Waals surface area contributed by atoms with Crippen molar-refractivity contribution in [3.8, 4) is 0 Å². The van der Waals surface area contributed by atoms with Gasteiger partial charge in [0.25, 0.3) is 10.0 Å². The number of nitrogens with one attached hydrogen (secondary N) is 1. The molecule has 0 amide bonds. The first kappa shape index (κ1) is 16.8. The molecular weight excluding hydrogens is 318 g/mol. The third-order valence-electron chi connectivity index (χ3n) is 3.67. The van der Waals surface area contributed by atoms with Gasteiger partial charge in [-0.3, -0.25) is 4.72 Å². The molecule has 0 aliphatic carbocycles. The maximum Gasteiger partial charge on any atom is 0.261 e. The Labute approximate surface area is 137 Å². The van der Waals surface area contributed by atoms with Crippen molar-refractivity contribution in [3.05, 3.63) is 58.1 Å². The predicted molar refractivity (Wildman–Crippen MR) is 92.2 cm³/mol. The van der Waals surface area contributed by atoms with Crippen LogP contribution in [0, 0.1) is 6.92 Å². The summed E-state index contributed by atoms with van der Waals surface area (Å²) < 4.78 is 28.0. The molecular formula is C17H20ClNO2S. The van der Waals surface area contributed by atoms with Crippen LogP contribution in [0.1, 0.15) is 30.5 Å². The Morgan fingerprint density at radius 2 is 1.64 bits per heavy atom. The first-order valence-electron chi connectivity index (χ1n) is 7.28. The fourth-order valence-corrected chi connectivity index (χ4v) is 3.70. The van der Waals surface area contributed by atoms with Gasteiger partial charge in [-0.05, 0) is 54.7 Å². The molecule has 5 heteroatoms. The highest BCUT2D eigenvalue weighted by atomic mass is 35.5. The number of benzene rings is 2. The second-order valence-electron chi connectivity index (χ2n) is 5.17. The molecule has 0 aromatic heterocycles. The molecule has 0 heterocycles. The van der Waals surface area contributed by atoms with Gasteiger partial charge >= 0.3 is 0 Å². The molecule has 0 radical (unpaired) electrons. The van der Waals surface area contributed by atoms with Crippen LogP contribution >= 0.6 is 11.6 Å². The zero-order valence-electron chi connectivity index (χ0n) is 13.0. The molecule has 2 aromatic rings. The van der Waals surface area contributed by atoms with E-state index in [1.165, 1.54) is 6.07 Å². The van der Waals surface area contributed by atoms with Crippen molar-refractivity contribution < 1.29 is 8.42 Å². The number of hydrogen-bond donors (Lipinski definition) is 1. The summed E-state index contributed by atoms with van der Waals surface area (Å²) in [6.45, 7) is 5.82. The summed E-state index contributed by atoms with van der Waals surface area (Å²) in [5.41, 5.74) is 3.42. The zero-order valence-corrected chi connectivity index (χ0v) is 14.6. The Morgan fingerprint density at radius 1 is 1.05 bits per heavy atom. The van der Waals surface area contributed by atoms with E-state index in [0.29, 0.717) is 10.7 Å². The van der Waals surface area contributed by atoms with Crippen molar-refractivity contribution in [3.63, 3.8) is 0 Å². The van der Waals surface area contributed by atoms with Gasteiger partial charge in [0.1, 0.15) is 0 Å². The fraction of sp³-hybridized carbons (Fsp3) is 0.294. The van der Waals surface area contributed by atoms with Crippen LogP contribution in [-0.4, -0.2) is 8.42 Å². The van der Waals surface area contributed by atoms with Crippen molar-refractivity contribution in [1.82, 2.24) is 0 Å². The van der Waals surface area contributed by atoms with Crippen LogP contribution in [0.25, 0.3) is 0 Å². The van der Waals surface area contributed by atoms with E-state index in [-0.39, 0.29) is 4.90 Å². The lowest BCUT2D eigenvalue weighted by molar-refractivity contribution is 0.601. The fourth-order valence-electron chi connectivity index (χ4n) is 2.35. The van der Waals surface area contributed by atoms with Crippen LogP contribution in [0.4, 0.5) is 5.69 Å². The molecule has 2 aromatic carbocycles. The molecule has 0 bridgehead atoms. The lowest BCUT2D eigenvalue weighted by atomic mass is 10.0. The second-order valence-corrected chi connectivity index (χ2v) is 7.26. The minimum absolute atomic E-state index is 0.224. The van der Waals surface area contributed by atoms with E-state index < -0.39 is 10.0 Å². The third-order valence-corrected chi connectivity index (χ3v) is 5.45. The van der Waals surface area contributed by atoms with Crippen molar-refractivity contribution >= 4 is 27.3 Å². The number of para-hydroxylation sites is 1. The third kappa shape index (κ3) is 3.45. The average molecular weight is 338 g/mol. The summed E-state index contributed by atoms with van der Waals surface area (Å²) in [5.74, 6) is 0. The largest absolute Gasteiger partial charge is 0.279 e. The summed E-state index contributed by atoms with van der Waals surface area (Å²) in [6, 6.07) is 10.6. The standard InChI is InChI=1S/C17H20ClNO2S/c1-4-13-7-6-8-14(5-2)17(13)19-22(20,21)15-9-10-16(18)12(3)11-15/h6-11,19H,4-5H2,1-3H3. The lowest BCUT2D eigenvalue weighted by Gasteiger charge is -2.16. The zero-order chi connectivity index (χ0) is 16.3. The number of anilines is 1. The van der Waals surface area contributed by atoms with Gasteiger partial charge in [0.15, 0.2) is 0 Å². The quantitative estimate of drug-likeness (QED) is 0.868. The molecule has 22 heavy (non-hydrogen) atoms. The molecule has 0 atom stereocenters. The Morgan fingerprint density at radius 3 is 2.14 bits per heavy atom. The Kier molecular flexibility index (Phi) is 5.14. The highest BCUT2D eigenvalue weighted by Gasteiger charge is 2.18. The molecule has 0 aliphatic rings. The predicted octanol–water partition coefficient (Wildman–Crippen LogP) is 4.57. The van der Waals surface area contributed by atoms with Gasteiger partial charge in [0.2, 0.25) is 0 Å². The van der Waals surface area contributed by atoms with Gasteiger partial charge in [0, 0.05) is 5.02 Å². The SMILES string of the molecule is CCc1cccc(CC)c1NS(=O)(=O)c1ccc(Cl)c(C)c1. The van der Waals surface area contributed by atoms with Crippen molar-refractivity contribution in [2.24, 2.45) is 0 Å². The summed E-state index contributed by atoms with van der Waals surface area (Å²) in [7, 11) is -3.63. The summed E-state index contributed by atoms with van der Waals surface area (Å²) in [4.78, 5) is 0.224. The van der Waals surface area contributed by atoms with Gasteiger partial charge in [-0.25, -0.2) is 8.42 Å². The molecule has 0 unspecified atom stereocenters. The van der Waals surface area contributed by atoms with E-state index in [1.807, 2.05) is 32.0 Å². The van der Waals surface area contributed by atoms with Crippen molar-refractivity contribution in [2.45, 2.75) is 38.5 Å². The maximum absolute atomic E-state index is 12.6. The first-order chi connectivity index (χ1) is 10.4. The van der Waals surface area contributed by atoms with Crippen LogP contribution in [0.3, 0.4) is 0 Å². The van der Waals surface area contributed by atoms with Gasteiger partial charge in [0.05, 0.1) is 10.6 Å². The van der Waals surface area contributed by atoms with Crippen LogP contribution in [0.2, 0.25) is 5.02 Å². The highest BCUT2D eigenvalue weighted by Crippen LogP contribution is 2.27. The number of aryl methyl sites for hydroxylation is 3. The highest BCUT2D eigenvalue weighted by molar-refractivity contribution is 7.92. The second kappa shape index (κ2) is 6.71. The van der Waals surface area contributed by atoms with E-state index in [1.54, 1.807) is 19.1 Å².